The summed E-state index contributed by atoms with van der Waals surface area (Å²) in [4.78, 5) is 12.8. The number of hydrogen-bond acceptors (Lipinski definition) is 5. The molecule has 3 aromatic rings. The molecule has 0 aromatic heterocycles. The van der Waals surface area contributed by atoms with Crippen molar-refractivity contribution in [2.75, 3.05) is 33.3 Å². The minimum absolute atomic E-state index is 0.248. The molecule has 0 saturated heterocycles. The monoisotopic (exact) mass is 407 g/mol. The molecule has 30 heavy (non-hydrogen) atoms. The van der Waals surface area contributed by atoms with Gasteiger partial charge in [0, 0.05) is 16.8 Å². The molecule has 1 amide bonds. The van der Waals surface area contributed by atoms with Gasteiger partial charge in [0.2, 0.25) is 0 Å². The van der Waals surface area contributed by atoms with Crippen LogP contribution in [0.2, 0.25) is 0 Å². The van der Waals surface area contributed by atoms with Crippen molar-refractivity contribution < 1.29 is 23.7 Å². The Labute approximate surface area is 176 Å². The fourth-order valence-electron chi connectivity index (χ4n) is 3.07. The first-order valence-electron chi connectivity index (χ1n) is 9.54. The third-order valence-electron chi connectivity index (χ3n) is 4.58. The Bertz CT molecular complexity index is 1010. The van der Waals surface area contributed by atoms with Crippen molar-refractivity contribution in [2.24, 2.45) is 0 Å². The highest BCUT2D eigenvalue weighted by atomic mass is 16.5. The second-order valence-electron chi connectivity index (χ2n) is 6.40. The van der Waals surface area contributed by atoms with Crippen LogP contribution in [0.5, 0.6) is 23.0 Å². The fourth-order valence-corrected chi connectivity index (χ4v) is 3.07. The van der Waals surface area contributed by atoms with Crippen LogP contribution in [-0.2, 0) is 0 Å². The summed E-state index contributed by atoms with van der Waals surface area (Å²) in [6.45, 7) is 2.41. The van der Waals surface area contributed by atoms with E-state index in [-0.39, 0.29) is 5.91 Å². The van der Waals surface area contributed by atoms with Crippen molar-refractivity contribution in [1.29, 1.82) is 0 Å². The van der Waals surface area contributed by atoms with Gasteiger partial charge in [0.1, 0.15) is 11.5 Å². The van der Waals surface area contributed by atoms with Gasteiger partial charge in [-0.2, -0.15) is 0 Å². The van der Waals surface area contributed by atoms with Gasteiger partial charge in [-0.15, -0.1) is 0 Å². The number of rotatable bonds is 8. The maximum Gasteiger partial charge on any atom is 0.255 e. The van der Waals surface area contributed by atoms with Crippen LogP contribution in [0.4, 0.5) is 5.69 Å². The number of amides is 1. The van der Waals surface area contributed by atoms with E-state index in [1.54, 1.807) is 45.6 Å². The molecule has 0 atom stereocenters. The third kappa shape index (κ3) is 4.66. The lowest BCUT2D eigenvalue weighted by atomic mass is 10.0. The zero-order valence-electron chi connectivity index (χ0n) is 17.5. The fraction of sp³-hybridized carbons (Fsp3) is 0.208. The van der Waals surface area contributed by atoms with Crippen molar-refractivity contribution in [2.45, 2.75) is 6.92 Å². The molecule has 0 aliphatic carbocycles. The highest BCUT2D eigenvalue weighted by Crippen LogP contribution is 2.34. The number of methoxy groups -OCH3 is 3. The van der Waals surface area contributed by atoms with E-state index in [4.69, 9.17) is 18.9 Å². The summed E-state index contributed by atoms with van der Waals surface area (Å²) in [5.74, 6) is 2.34. The average molecular weight is 407 g/mol. The Morgan fingerprint density at radius 1 is 0.800 bits per heavy atom. The second kappa shape index (κ2) is 9.69. The van der Waals surface area contributed by atoms with Crippen LogP contribution in [0, 0.1) is 0 Å². The van der Waals surface area contributed by atoms with Crippen molar-refractivity contribution in [3.8, 4) is 34.1 Å². The Balaban J connectivity index is 1.86. The number of ether oxygens (including phenoxy) is 4. The standard InChI is InChI=1S/C24H25NO5/c1-5-30-22-12-8-17(14-23(22)29-4)24(26)25-18-9-13-21(28-3)20(15-18)16-6-10-19(27-2)11-7-16/h6-15H,5H2,1-4H3,(H,25,26). The van der Waals surface area contributed by atoms with Crippen molar-refractivity contribution in [3.63, 3.8) is 0 Å². The van der Waals surface area contributed by atoms with Gasteiger partial charge >= 0.3 is 0 Å². The molecule has 156 valence electrons. The molecule has 0 unspecified atom stereocenters. The van der Waals surface area contributed by atoms with Crippen LogP contribution in [0.25, 0.3) is 11.1 Å². The molecule has 0 fully saturated rings. The van der Waals surface area contributed by atoms with Crippen LogP contribution in [-0.4, -0.2) is 33.8 Å². The van der Waals surface area contributed by atoms with Gasteiger partial charge < -0.3 is 24.3 Å². The van der Waals surface area contributed by atoms with Crippen LogP contribution in [0.1, 0.15) is 17.3 Å². The molecule has 0 bridgehead atoms. The van der Waals surface area contributed by atoms with Gasteiger partial charge in [-0.1, -0.05) is 12.1 Å². The van der Waals surface area contributed by atoms with E-state index < -0.39 is 0 Å². The van der Waals surface area contributed by atoms with Crippen molar-refractivity contribution in [3.05, 3.63) is 66.2 Å². The summed E-state index contributed by atoms with van der Waals surface area (Å²) in [5.41, 5.74) is 2.94. The Morgan fingerprint density at radius 2 is 1.50 bits per heavy atom. The van der Waals surface area contributed by atoms with Gasteiger partial charge in [0.05, 0.1) is 27.9 Å². The topological polar surface area (TPSA) is 66.0 Å². The predicted octanol–water partition coefficient (Wildman–Crippen LogP) is 5.03. The summed E-state index contributed by atoms with van der Waals surface area (Å²) in [6.07, 6.45) is 0. The largest absolute Gasteiger partial charge is 0.497 e. The minimum Gasteiger partial charge on any atom is -0.497 e. The lowest BCUT2D eigenvalue weighted by molar-refractivity contribution is 0.102. The number of benzene rings is 3. The van der Waals surface area contributed by atoms with Gasteiger partial charge in [0.15, 0.2) is 11.5 Å². The summed E-state index contributed by atoms with van der Waals surface area (Å²) >= 11 is 0. The lowest BCUT2D eigenvalue weighted by Crippen LogP contribution is -2.12. The molecule has 0 radical (unpaired) electrons. The Morgan fingerprint density at radius 3 is 2.13 bits per heavy atom. The molecule has 0 saturated carbocycles. The Kier molecular flexibility index (Phi) is 6.80. The predicted molar refractivity (Wildman–Crippen MR) is 117 cm³/mol. The highest BCUT2D eigenvalue weighted by molar-refractivity contribution is 6.05. The van der Waals surface area contributed by atoms with Gasteiger partial charge in [0.25, 0.3) is 5.91 Å². The van der Waals surface area contributed by atoms with Crippen LogP contribution in [0.3, 0.4) is 0 Å². The molecule has 1 N–H and O–H groups in total. The highest BCUT2D eigenvalue weighted by Gasteiger charge is 2.13. The number of hydrogen-bond donors (Lipinski definition) is 1. The van der Waals surface area contributed by atoms with Crippen LogP contribution >= 0.6 is 0 Å². The van der Waals surface area contributed by atoms with E-state index in [1.807, 2.05) is 43.3 Å². The van der Waals surface area contributed by atoms with E-state index in [2.05, 4.69) is 5.32 Å². The molecule has 0 aliphatic rings. The normalized spacial score (nSPS) is 10.3. The number of anilines is 1. The molecule has 0 aliphatic heterocycles. The zero-order valence-corrected chi connectivity index (χ0v) is 17.5. The number of nitrogens with one attached hydrogen (secondary N) is 1. The SMILES string of the molecule is CCOc1ccc(C(=O)Nc2ccc(OC)c(-c3ccc(OC)cc3)c2)cc1OC. The zero-order chi connectivity index (χ0) is 21.5. The van der Waals surface area contributed by atoms with E-state index in [1.165, 1.54) is 0 Å². The second-order valence-corrected chi connectivity index (χ2v) is 6.40. The maximum atomic E-state index is 12.8. The van der Waals surface area contributed by atoms with Crippen LogP contribution < -0.4 is 24.3 Å². The van der Waals surface area contributed by atoms with Gasteiger partial charge in [-0.25, -0.2) is 0 Å². The van der Waals surface area contributed by atoms with E-state index >= 15 is 0 Å². The number of carbonyl (C=O) groups excluding carboxylic acids is 1. The molecular formula is C24H25NO5. The minimum atomic E-state index is -0.248. The van der Waals surface area contributed by atoms with E-state index in [9.17, 15) is 4.79 Å². The first kappa shape index (κ1) is 21.0. The smallest absolute Gasteiger partial charge is 0.255 e. The molecule has 3 aromatic carbocycles. The summed E-state index contributed by atoms with van der Waals surface area (Å²) in [6, 6.07) is 18.3. The molecule has 0 heterocycles. The third-order valence-corrected chi connectivity index (χ3v) is 4.58. The molecule has 6 nitrogen and oxygen atoms in total. The van der Waals surface area contributed by atoms with Crippen LogP contribution in [0.15, 0.2) is 60.7 Å². The Hall–Kier alpha value is -3.67. The average Bonchev–Trinajstić information content (AvgIpc) is 2.79. The summed E-state index contributed by atoms with van der Waals surface area (Å²) in [5, 5.41) is 2.93. The molecule has 3 rings (SSSR count). The van der Waals surface area contributed by atoms with Crippen molar-refractivity contribution in [1.82, 2.24) is 0 Å². The quantitative estimate of drug-likeness (QED) is 0.567. The number of carbonyl (C=O) groups is 1. The van der Waals surface area contributed by atoms with Gasteiger partial charge in [-0.05, 0) is 61.0 Å². The molecular weight excluding hydrogens is 382 g/mol. The summed E-state index contributed by atoms with van der Waals surface area (Å²) < 4.78 is 21.6. The molecule has 0 spiro atoms. The van der Waals surface area contributed by atoms with E-state index in [0.29, 0.717) is 35.1 Å². The first-order chi connectivity index (χ1) is 14.6. The first-order valence-corrected chi connectivity index (χ1v) is 9.54. The van der Waals surface area contributed by atoms with Crippen molar-refractivity contribution >= 4 is 11.6 Å². The van der Waals surface area contributed by atoms with E-state index in [0.717, 1.165) is 16.9 Å². The van der Waals surface area contributed by atoms with Gasteiger partial charge in [-0.3, -0.25) is 4.79 Å². The summed E-state index contributed by atoms with van der Waals surface area (Å²) in [7, 11) is 4.79. The molecule has 6 heteroatoms. The lowest BCUT2D eigenvalue weighted by Gasteiger charge is -2.13. The maximum absolute atomic E-state index is 12.8.